The van der Waals surface area contributed by atoms with Crippen LogP contribution in [0.4, 0.5) is 0 Å². The van der Waals surface area contributed by atoms with E-state index in [9.17, 15) is 4.79 Å². The third-order valence-corrected chi connectivity index (χ3v) is 4.01. The molecule has 3 heterocycles. The fourth-order valence-electron chi connectivity index (χ4n) is 2.75. The van der Waals surface area contributed by atoms with Crippen molar-refractivity contribution in [1.82, 2.24) is 9.88 Å². The van der Waals surface area contributed by atoms with Gasteiger partial charge in [-0.3, -0.25) is 9.78 Å². The van der Waals surface area contributed by atoms with Crippen LogP contribution in [0.15, 0.2) is 29.6 Å². The van der Waals surface area contributed by atoms with Gasteiger partial charge < -0.3 is 9.74 Å². The van der Waals surface area contributed by atoms with Crippen LogP contribution in [0.1, 0.15) is 37.2 Å². The zero-order valence-corrected chi connectivity index (χ0v) is 11.9. The molecular weight excluding hydrogens is 254 g/mol. The van der Waals surface area contributed by atoms with E-state index in [0.717, 1.165) is 18.6 Å². The number of carbonyl (C=O) groups is 1. The standard InChI is InChI=1S/C15H19N3O2/c1-11(2)13-9-15(20-17-13)6-8-18(10-15)14(19)12-5-3-4-7-16-12/h3-5,7,11H,6,8-10H2,1-2H3. The number of likely N-dealkylation sites (tertiary alicyclic amines) is 1. The lowest BCUT2D eigenvalue weighted by Crippen LogP contribution is -2.36. The zero-order valence-electron chi connectivity index (χ0n) is 11.9. The summed E-state index contributed by atoms with van der Waals surface area (Å²) in [7, 11) is 0. The number of pyridine rings is 1. The molecule has 5 nitrogen and oxygen atoms in total. The second kappa shape index (κ2) is 4.89. The summed E-state index contributed by atoms with van der Waals surface area (Å²) < 4.78 is 0. The normalized spacial score (nSPS) is 25.1. The molecule has 1 unspecified atom stereocenters. The van der Waals surface area contributed by atoms with Gasteiger partial charge in [0.2, 0.25) is 0 Å². The van der Waals surface area contributed by atoms with Crippen molar-refractivity contribution in [2.75, 3.05) is 13.1 Å². The van der Waals surface area contributed by atoms with Crippen molar-refractivity contribution < 1.29 is 9.63 Å². The van der Waals surface area contributed by atoms with Gasteiger partial charge in [-0.25, -0.2) is 0 Å². The highest BCUT2D eigenvalue weighted by Crippen LogP contribution is 2.35. The van der Waals surface area contributed by atoms with Crippen LogP contribution in [0, 0.1) is 5.92 Å². The number of carbonyl (C=O) groups excluding carboxylic acids is 1. The van der Waals surface area contributed by atoms with Crippen LogP contribution in [0.2, 0.25) is 0 Å². The van der Waals surface area contributed by atoms with Gasteiger partial charge in [0.05, 0.1) is 12.3 Å². The molecule has 5 heteroatoms. The first-order valence-corrected chi connectivity index (χ1v) is 7.05. The minimum absolute atomic E-state index is 0.0240. The summed E-state index contributed by atoms with van der Waals surface area (Å²) in [6.45, 7) is 5.54. The Bertz CT molecular complexity index is 541. The fourth-order valence-corrected chi connectivity index (χ4v) is 2.75. The first-order chi connectivity index (χ1) is 9.60. The second-order valence-electron chi connectivity index (χ2n) is 5.88. The summed E-state index contributed by atoms with van der Waals surface area (Å²) in [5.74, 6) is 0.374. The molecule has 0 aromatic carbocycles. The molecular formula is C15H19N3O2. The summed E-state index contributed by atoms with van der Waals surface area (Å²) >= 11 is 0. The second-order valence-corrected chi connectivity index (χ2v) is 5.88. The van der Waals surface area contributed by atoms with Crippen molar-refractivity contribution >= 4 is 11.6 Å². The maximum Gasteiger partial charge on any atom is 0.272 e. The zero-order chi connectivity index (χ0) is 14.2. The Balaban J connectivity index is 1.68. The van der Waals surface area contributed by atoms with E-state index in [4.69, 9.17) is 4.84 Å². The van der Waals surface area contributed by atoms with Gasteiger partial charge in [-0.2, -0.15) is 0 Å². The third-order valence-electron chi connectivity index (χ3n) is 4.01. The maximum atomic E-state index is 12.4. The molecule has 1 fully saturated rings. The largest absolute Gasteiger partial charge is 0.387 e. The molecule has 1 amide bonds. The molecule has 2 aliphatic rings. The van der Waals surface area contributed by atoms with E-state index in [1.165, 1.54) is 0 Å². The highest BCUT2D eigenvalue weighted by molar-refractivity contribution is 5.93. The molecule has 106 valence electrons. The van der Waals surface area contributed by atoms with Gasteiger partial charge in [0.1, 0.15) is 5.69 Å². The quantitative estimate of drug-likeness (QED) is 0.829. The molecule has 2 aliphatic heterocycles. The van der Waals surface area contributed by atoms with Crippen LogP contribution in [-0.2, 0) is 4.84 Å². The average Bonchev–Trinajstić information content (AvgIpc) is 3.07. The highest BCUT2D eigenvalue weighted by atomic mass is 16.7. The molecule has 1 aromatic heterocycles. The minimum Gasteiger partial charge on any atom is -0.387 e. The topological polar surface area (TPSA) is 54.8 Å². The fraction of sp³-hybridized carbons (Fsp3) is 0.533. The Labute approximate surface area is 118 Å². The first-order valence-electron chi connectivity index (χ1n) is 7.05. The van der Waals surface area contributed by atoms with Gasteiger partial charge in [0.25, 0.3) is 5.91 Å². The molecule has 3 rings (SSSR count). The number of rotatable bonds is 2. The number of nitrogens with zero attached hydrogens (tertiary/aromatic N) is 3. The van der Waals surface area contributed by atoms with E-state index in [1.54, 1.807) is 12.3 Å². The lowest BCUT2D eigenvalue weighted by atomic mass is 9.92. The number of hydrogen-bond donors (Lipinski definition) is 0. The Hall–Kier alpha value is -1.91. The SMILES string of the molecule is CC(C)C1=NOC2(CCN(C(=O)c3ccccn3)C2)C1. The van der Waals surface area contributed by atoms with E-state index in [0.29, 0.717) is 24.7 Å². The predicted octanol–water partition coefficient (Wildman–Crippen LogP) is 2.10. The van der Waals surface area contributed by atoms with Crippen LogP contribution >= 0.6 is 0 Å². The van der Waals surface area contributed by atoms with E-state index in [-0.39, 0.29) is 11.5 Å². The molecule has 0 radical (unpaired) electrons. The average molecular weight is 273 g/mol. The lowest BCUT2D eigenvalue weighted by Gasteiger charge is -2.21. The van der Waals surface area contributed by atoms with E-state index in [2.05, 4.69) is 24.0 Å². The van der Waals surface area contributed by atoms with Gasteiger partial charge in [0.15, 0.2) is 5.60 Å². The van der Waals surface area contributed by atoms with E-state index >= 15 is 0 Å². The minimum atomic E-state index is -0.302. The first kappa shape index (κ1) is 13.1. The van der Waals surface area contributed by atoms with Crippen molar-refractivity contribution in [3.05, 3.63) is 30.1 Å². The van der Waals surface area contributed by atoms with Crippen LogP contribution in [-0.4, -0.2) is 40.2 Å². The van der Waals surface area contributed by atoms with Gasteiger partial charge in [-0.1, -0.05) is 25.1 Å². The van der Waals surface area contributed by atoms with Crippen molar-refractivity contribution in [3.8, 4) is 0 Å². The monoisotopic (exact) mass is 273 g/mol. The summed E-state index contributed by atoms with van der Waals surface area (Å²) in [4.78, 5) is 24.0. The third kappa shape index (κ3) is 2.28. The summed E-state index contributed by atoms with van der Waals surface area (Å²) in [5, 5.41) is 4.20. The van der Waals surface area contributed by atoms with Crippen LogP contribution < -0.4 is 0 Å². The van der Waals surface area contributed by atoms with E-state index < -0.39 is 0 Å². The molecule has 0 bridgehead atoms. The van der Waals surface area contributed by atoms with Gasteiger partial charge >= 0.3 is 0 Å². The lowest BCUT2D eigenvalue weighted by molar-refractivity contribution is -0.00921. The Morgan fingerprint density at radius 3 is 2.95 bits per heavy atom. The molecule has 0 saturated carbocycles. The summed E-state index contributed by atoms with van der Waals surface area (Å²) in [6.07, 6.45) is 3.31. The number of aromatic nitrogens is 1. The molecule has 1 aromatic rings. The van der Waals surface area contributed by atoms with Crippen molar-refractivity contribution in [1.29, 1.82) is 0 Å². The summed E-state index contributed by atoms with van der Waals surface area (Å²) in [6, 6.07) is 5.39. The van der Waals surface area contributed by atoms with Crippen LogP contribution in [0.25, 0.3) is 0 Å². The predicted molar refractivity (Wildman–Crippen MR) is 75.5 cm³/mol. The van der Waals surface area contributed by atoms with Gasteiger partial charge in [0, 0.05) is 25.6 Å². The summed E-state index contributed by atoms with van der Waals surface area (Å²) in [5.41, 5.74) is 1.29. The smallest absolute Gasteiger partial charge is 0.272 e. The molecule has 1 atom stereocenters. The molecule has 0 aliphatic carbocycles. The molecule has 1 saturated heterocycles. The van der Waals surface area contributed by atoms with Crippen LogP contribution in [0.3, 0.4) is 0 Å². The Morgan fingerprint density at radius 2 is 2.30 bits per heavy atom. The number of oxime groups is 1. The number of amides is 1. The Morgan fingerprint density at radius 1 is 1.45 bits per heavy atom. The van der Waals surface area contributed by atoms with E-state index in [1.807, 2.05) is 17.0 Å². The maximum absolute atomic E-state index is 12.4. The Kier molecular flexibility index (Phi) is 3.20. The van der Waals surface area contributed by atoms with Crippen LogP contribution in [0.5, 0.6) is 0 Å². The van der Waals surface area contributed by atoms with Crippen molar-refractivity contribution in [2.24, 2.45) is 11.1 Å². The van der Waals surface area contributed by atoms with Gasteiger partial charge in [-0.15, -0.1) is 0 Å². The highest BCUT2D eigenvalue weighted by Gasteiger charge is 2.47. The molecule has 20 heavy (non-hydrogen) atoms. The van der Waals surface area contributed by atoms with Gasteiger partial charge in [-0.05, 0) is 18.1 Å². The van der Waals surface area contributed by atoms with Crippen molar-refractivity contribution in [3.63, 3.8) is 0 Å². The molecule has 1 spiro atoms. The number of hydrogen-bond acceptors (Lipinski definition) is 4. The molecule has 0 N–H and O–H groups in total. The van der Waals surface area contributed by atoms with Crippen molar-refractivity contribution in [2.45, 2.75) is 32.3 Å².